The van der Waals surface area contributed by atoms with Crippen molar-refractivity contribution >= 4 is 22.8 Å². The molecule has 1 unspecified atom stereocenters. The smallest absolute Gasteiger partial charge is 0.316 e. The normalized spacial score (nSPS) is 16.9. The number of H-pyrrole nitrogens is 1. The molecule has 1 aliphatic rings. The van der Waals surface area contributed by atoms with Gasteiger partial charge in [-0.05, 0) is 38.0 Å². The predicted octanol–water partition coefficient (Wildman–Crippen LogP) is 0.403. The molecule has 0 bridgehead atoms. The first kappa shape index (κ1) is 17.9. The molecule has 1 atom stereocenters. The maximum atomic E-state index is 12.9. The number of hydrogen-bond donors (Lipinski definition) is 1. The van der Waals surface area contributed by atoms with E-state index >= 15 is 0 Å². The van der Waals surface area contributed by atoms with Crippen molar-refractivity contribution in [3.63, 3.8) is 0 Å². The van der Waals surface area contributed by atoms with Gasteiger partial charge in [0.15, 0.2) is 0 Å². The molecule has 26 heavy (non-hydrogen) atoms. The number of carbonyl (C=O) groups is 2. The lowest BCUT2D eigenvalue weighted by Crippen LogP contribution is -2.45. The van der Waals surface area contributed by atoms with E-state index in [1.54, 1.807) is 44.1 Å². The highest BCUT2D eigenvalue weighted by atomic mass is 16.2. The predicted molar refractivity (Wildman–Crippen MR) is 97.3 cm³/mol. The zero-order valence-electron chi connectivity index (χ0n) is 15.1. The fourth-order valence-electron chi connectivity index (χ4n) is 3.46. The van der Waals surface area contributed by atoms with Crippen molar-refractivity contribution in [2.75, 3.05) is 20.6 Å². The summed E-state index contributed by atoms with van der Waals surface area (Å²) >= 11 is 0. The molecular formula is C18H22N4O4. The number of fused-ring (bicyclic) bond motifs is 1. The van der Waals surface area contributed by atoms with E-state index in [4.69, 9.17) is 0 Å². The van der Waals surface area contributed by atoms with Crippen LogP contribution in [0.3, 0.4) is 0 Å². The Kier molecular flexibility index (Phi) is 4.67. The molecule has 138 valence electrons. The van der Waals surface area contributed by atoms with Gasteiger partial charge in [-0.25, -0.2) is 0 Å². The molecule has 8 nitrogen and oxygen atoms in total. The van der Waals surface area contributed by atoms with Crippen molar-refractivity contribution < 1.29 is 9.59 Å². The number of nitrogens with zero attached hydrogens (tertiary/aromatic N) is 3. The Hall–Kier alpha value is -2.90. The number of carbonyl (C=O) groups excluding carboxylic acids is 2. The summed E-state index contributed by atoms with van der Waals surface area (Å²) in [4.78, 5) is 54.6. The van der Waals surface area contributed by atoms with Crippen molar-refractivity contribution in [3.05, 3.63) is 44.5 Å². The van der Waals surface area contributed by atoms with Crippen LogP contribution in [-0.4, -0.2) is 57.8 Å². The van der Waals surface area contributed by atoms with Crippen LogP contribution < -0.4 is 11.1 Å². The molecule has 2 amide bonds. The number of nitrogens with one attached hydrogen (secondary N) is 1. The van der Waals surface area contributed by atoms with Crippen LogP contribution in [0.1, 0.15) is 30.1 Å². The number of hydrogen-bond acceptors (Lipinski definition) is 4. The fraction of sp³-hybridized carbons (Fsp3) is 0.444. The number of aromatic nitrogens is 2. The molecule has 1 aliphatic heterocycles. The van der Waals surface area contributed by atoms with Crippen LogP contribution in [0.5, 0.6) is 0 Å². The van der Waals surface area contributed by atoms with Gasteiger partial charge in [0.05, 0.1) is 11.0 Å². The number of likely N-dealkylation sites (N-methyl/N-ethyl adjacent to an activating group) is 1. The quantitative estimate of drug-likeness (QED) is 0.804. The molecule has 3 rings (SSSR count). The van der Waals surface area contributed by atoms with Crippen LogP contribution in [0, 0.1) is 0 Å². The summed E-state index contributed by atoms with van der Waals surface area (Å²) in [6.07, 6.45) is 1.42. The maximum absolute atomic E-state index is 12.9. The van der Waals surface area contributed by atoms with Crippen LogP contribution in [0.15, 0.2) is 27.8 Å². The summed E-state index contributed by atoms with van der Waals surface area (Å²) in [5.41, 5.74) is 0.0435. The molecule has 0 radical (unpaired) electrons. The third-order valence-electron chi connectivity index (χ3n) is 4.78. The molecule has 2 aromatic rings. The van der Waals surface area contributed by atoms with E-state index in [2.05, 4.69) is 4.98 Å². The van der Waals surface area contributed by atoms with E-state index < -0.39 is 17.2 Å². The van der Waals surface area contributed by atoms with E-state index in [0.29, 0.717) is 36.1 Å². The highest BCUT2D eigenvalue weighted by molar-refractivity contribution is 6.00. The number of benzene rings is 1. The lowest BCUT2D eigenvalue weighted by molar-refractivity contribution is -0.132. The van der Waals surface area contributed by atoms with Gasteiger partial charge in [0.25, 0.3) is 5.91 Å². The molecule has 1 saturated heterocycles. The molecule has 0 saturated carbocycles. The number of amides is 2. The number of rotatable bonds is 3. The van der Waals surface area contributed by atoms with Gasteiger partial charge >= 0.3 is 11.1 Å². The van der Waals surface area contributed by atoms with E-state index in [0.717, 1.165) is 6.42 Å². The third-order valence-corrected chi connectivity index (χ3v) is 4.78. The molecule has 0 spiro atoms. The molecule has 0 aliphatic carbocycles. The lowest BCUT2D eigenvalue weighted by atomic mass is 10.1. The van der Waals surface area contributed by atoms with Crippen molar-refractivity contribution in [1.29, 1.82) is 0 Å². The highest BCUT2D eigenvalue weighted by Crippen LogP contribution is 2.22. The zero-order valence-corrected chi connectivity index (χ0v) is 15.1. The lowest BCUT2D eigenvalue weighted by Gasteiger charge is -2.26. The molecule has 2 heterocycles. The number of likely N-dealkylation sites (tertiary alicyclic amines) is 1. The van der Waals surface area contributed by atoms with E-state index in [1.165, 1.54) is 9.47 Å². The Balaban J connectivity index is 2.01. The standard InChI is InChI=1S/C18H22N4O4/c1-4-21-13-8-7-11(10-12(13)19-15(23)18(21)26)16(24)22-9-5-6-14(22)17(25)20(2)3/h7-8,10,14H,4-6,9H2,1-3H3,(H,19,23). The Morgan fingerprint density at radius 1 is 1.27 bits per heavy atom. The molecule has 1 aromatic carbocycles. The van der Waals surface area contributed by atoms with Crippen molar-refractivity contribution in [3.8, 4) is 0 Å². The Labute approximate surface area is 150 Å². The molecular weight excluding hydrogens is 336 g/mol. The van der Waals surface area contributed by atoms with Gasteiger partial charge in [0, 0.05) is 32.7 Å². The summed E-state index contributed by atoms with van der Waals surface area (Å²) in [6.45, 7) is 2.66. The van der Waals surface area contributed by atoms with Gasteiger partial charge < -0.3 is 19.4 Å². The summed E-state index contributed by atoms with van der Waals surface area (Å²) in [7, 11) is 3.35. The van der Waals surface area contributed by atoms with Crippen LogP contribution in [0.2, 0.25) is 0 Å². The average Bonchev–Trinajstić information content (AvgIpc) is 3.10. The molecule has 1 fully saturated rings. The van der Waals surface area contributed by atoms with Crippen molar-refractivity contribution in [1.82, 2.24) is 19.4 Å². The van der Waals surface area contributed by atoms with E-state index in [-0.39, 0.29) is 11.8 Å². The maximum Gasteiger partial charge on any atom is 0.316 e. The van der Waals surface area contributed by atoms with Gasteiger partial charge in [-0.3, -0.25) is 19.2 Å². The SMILES string of the molecule is CCn1c(=O)c(=O)[nH]c2cc(C(=O)N3CCCC3C(=O)N(C)C)ccc21. The first-order chi connectivity index (χ1) is 12.3. The highest BCUT2D eigenvalue weighted by Gasteiger charge is 2.35. The Bertz CT molecular complexity index is 989. The first-order valence-corrected chi connectivity index (χ1v) is 8.64. The number of aryl methyl sites for hydroxylation is 1. The minimum absolute atomic E-state index is 0.0927. The summed E-state index contributed by atoms with van der Waals surface area (Å²) < 4.78 is 1.37. The molecule has 1 aromatic heterocycles. The van der Waals surface area contributed by atoms with Gasteiger partial charge in [-0.15, -0.1) is 0 Å². The van der Waals surface area contributed by atoms with E-state index in [1.807, 2.05) is 0 Å². The van der Waals surface area contributed by atoms with Gasteiger partial charge in [-0.1, -0.05) is 0 Å². The van der Waals surface area contributed by atoms with Crippen LogP contribution in [0.4, 0.5) is 0 Å². The fourth-order valence-corrected chi connectivity index (χ4v) is 3.46. The topological polar surface area (TPSA) is 95.5 Å². The second-order valence-electron chi connectivity index (χ2n) is 6.62. The number of aromatic amines is 1. The van der Waals surface area contributed by atoms with Crippen molar-refractivity contribution in [2.45, 2.75) is 32.4 Å². The summed E-state index contributed by atoms with van der Waals surface area (Å²) in [5, 5.41) is 0. The third kappa shape index (κ3) is 2.91. The zero-order chi connectivity index (χ0) is 19.0. The van der Waals surface area contributed by atoms with Gasteiger partial charge in [0.2, 0.25) is 5.91 Å². The average molecular weight is 358 g/mol. The summed E-state index contributed by atoms with van der Waals surface area (Å²) in [6, 6.07) is 4.39. The van der Waals surface area contributed by atoms with Crippen LogP contribution in [0.25, 0.3) is 11.0 Å². The van der Waals surface area contributed by atoms with Crippen molar-refractivity contribution in [2.24, 2.45) is 0 Å². The van der Waals surface area contributed by atoms with Crippen LogP contribution in [-0.2, 0) is 11.3 Å². The Morgan fingerprint density at radius 3 is 2.65 bits per heavy atom. The van der Waals surface area contributed by atoms with Gasteiger partial charge in [-0.2, -0.15) is 0 Å². The summed E-state index contributed by atoms with van der Waals surface area (Å²) in [5.74, 6) is -0.343. The minimum Gasteiger partial charge on any atom is -0.347 e. The van der Waals surface area contributed by atoms with E-state index in [9.17, 15) is 19.2 Å². The molecule has 1 N–H and O–H groups in total. The second kappa shape index (κ2) is 6.78. The first-order valence-electron chi connectivity index (χ1n) is 8.64. The second-order valence-corrected chi connectivity index (χ2v) is 6.62. The monoisotopic (exact) mass is 358 g/mol. The largest absolute Gasteiger partial charge is 0.347 e. The minimum atomic E-state index is -0.717. The molecule has 8 heteroatoms. The Morgan fingerprint density at radius 2 is 2.00 bits per heavy atom. The van der Waals surface area contributed by atoms with Gasteiger partial charge in [0.1, 0.15) is 6.04 Å². The van der Waals surface area contributed by atoms with Crippen LogP contribution >= 0.6 is 0 Å².